The molecule has 24 heavy (non-hydrogen) atoms. The van der Waals surface area contributed by atoms with Crippen LogP contribution in [0.5, 0.6) is 0 Å². The quantitative estimate of drug-likeness (QED) is 0.819. The molecule has 2 rings (SSSR count). The fourth-order valence-corrected chi connectivity index (χ4v) is 2.00. The Morgan fingerprint density at radius 2 is 2.12 bits per heavy atom. The maximum atomic E-state index is 11.0. The second kappa shape index (κ2) is 7.41. The molecule has 0 aliphatic heterocycles. The summed E-state index contributed by atoms with van der Waals surface area (Å²) >= 11 is 0. The standard InChI is InChI=1S/C18H19N3O3/c1-5-7-15(21(3)4)10-12(2)17-19-16(20-24-17)13-8-6-9-14(11-13)18(22)23/h5-11H,2H2,1,3-4H3,(H,22,23)/b7-5-,15-10+. The highest BCUT2D eigenvalue weighted by Crippen LogP contribution is 2.21. The summed E-state index contributed by atoms with van der Waals surface area (Å²) in [6, 6.07) is 6.38. The van der Waals surface area contributed by atoms with Crippen LogP contribution in [0.2, 0.25) is 0 Å². The highest BCUT2D eigenvalue weighted by atomic mass is 16.5. The summed E-state index contributed by atoms with van der Waals surface area (Å²) < 4.78 is 5.24. The summed E-state index contributed by atoms with van der Waals surface area (Å²) in [7, 11) is 3.85. The Hall–Kier alpha value is -3.15. The maximum absolute atomic E-state index is 11.0. The van der Waals surface area contributed by atoms with Gasteiger partial charge in [-0.05, 0) is 31.2 Å². The largest absolute Gasteiger partial charge is 0.478 e. The topological polar surface area (TPSA) is 79.5 Å². The van der Waals surface area contributed by atoms with Crippen LogP contribution in [0.1, 0.15) is 23.2 Å². The SMILES string of the molecule is C=C(/C=C(\C=C/C)N(C)C)c1nc(-c2cccc(C(=O)O)c2)no1. The lowest BCUT2D eigenvalue weighted by molar-refractivity contribution is 0.0697. The van der Waals surface area contributed by atoms with Gasteiger partial charge < -0.3 is 14.5 Å². The number of aromatic nitrogens is 2. The van der Waals surface area contributed by atoms with Crippen LogP contribution in [-0.2, 0) is 0 Å². The number of nitrogens with zero attached hydrogens (tertiary/aromatic N) is 3. The molecule has 1 aromatic heterocycles. The number of hydrogen-bond donors (Lipinski definition) is 1. The molecule has 1 N–H and O–H groups in total. The number of carboxylic acid groups (broad SMARTS) is 1. The minimum Gasteiger partial charge on any atom is -0.478 e. The fraction of sp³-hybridized carbons (Fsp3) is 0.167. The molecule has 0 saturated carbocycles. The molecule has 0 bridgehead atoms. The van der Waals surface area contributed by atoms with Crippen molar-refractivity contribution >= 4 is 11.5 Å². The number of allylic oxidation sites excluding steroid dienone is 4. The number of carbonyl (C=O) groups is 1. The second-order valence-electron chi connectivity index (χ2n) is 5.30. The van der Waals surface area contributed by atoms with Crippen molar-refractivity contribution in [3.8, 4) is 11.4 Å². The molecule has 0 fully saturated rings. The summed E-state index contributed by atoms with van der Waals surface area (Å²) in [5, 5.41) is 13.0. The summed E-state index contributed by atoms with van der Waals surface area (Å²) in [6.45, 7) is 5.89. The van der Waals surface area contributed by atoms with Crippen molar-refractivity contribution in [3.63, 3.8) is 0 Å². The Labute approximate surface area is 140 Å². The molecule has 0 spiro atoms. The van der Waals surface area contributed by atoms with Gasteiger partial charge in [0.15, 0.2) is 0 Å². The summed E-state index contributed by atoms with van der Waals surface area (Å²) in [5.74, 6) is -0.399. The number of likely N-dealkylation sites (N-methyl/N-ethyl adjacent to an activating group) is 1. The van der Waals surface area contributed by atoms with Gasteiger partial charge in [-0.15, -0.1) is 0 Å². The van der Waals surface area contributed by atoms with E-state index in [-0.39, 0.29) is 11.5 Å². The monoisotopic (exact) mass is 325 g/mol. The first-order chi connectivity index (χ1) is 11.4. The average molecular weight is 325 g/mol. The van der Waals surface area contributed by atoms with Crippen LogP contribution >= 0.6 is 0 Å². The highest BCUT2D eigenvalue weighted by molar-refractivity contribution is 5.89. The highest BCUT2D eigenvalue weighted by Gasteiger charge is 2.12. The molecule has 2 aromatic rings. The summed E-state index contributed by atoms with van der Waals surface area (Å²) in [5.41, 5.74) is 2.25. The van der Waals surface area contributed by atoms with E-state index >= 15 is 0 Å². The molecule has 6 heteroatoms. The molecule has 6 nitrogen and oxygen atoms in total. The predicted molar refractivity (Wildman–Crippen MR) is 92.3 cm³/mol. The van der Waals surface area contributed by atoms with Crippen molar-refractivity contribution in [2.75, 3.05) is 14.1 Å². The average Bonchev–Trinajstić information content (AvgIpc) is 3.04. The third-order valence-electron chi connectivity index (χ3n) is 3.24. The first-order valence-electron chi connectivity index (χ1n) is 7.30. The van der Waals surface area contributed by atoms with E-state index in [9.17, 15) is 4.79 Å². The van der Waals surface area contributed by atoms with Gasteiger partial charge in [-0.2, -0.15) is 4.98 Å². The molecule has 0 atom stereocenters. The predicted octanol–water partition coefficient (Wildman–Crippen LogP) is 3.47. The third kappa shape index (κ3) is 3.98. The van der Waals surface area contributed by atoms with E-state index in [2.05, 4.69) is 16.7 Å². The van der Waals surface area contributed by atoms with Crippen molar-refractivity contribution in [2.45, 2.75) is 6.92 Å². The number of hydrogen-bond acceptors (Lipinski definition) is 5. The molecule has 124 valence electrons. The molecular weight excluding hydrogens is 306 g/mol. The molecule has 0 unspecified atom stereocenters. The van der Waals surface area contributed by atoms with Crippen LogP contribution in [0.3, 0.4) is 0 Å². The Kier molecular flexibility index (Phi) is 5.31. The fourth-order valence-electron chi connectivity index (χ4n) is 2.00. The van der Waals surface area contributed by atoms with Gasteiger partial charge in [0.2, 0.25) is 5.82 Å². The van der Waals surface area contributed by atoms with E-state index in [1.807, 2.05) is 44.1 Å². The van der Waals surface area contributed by atoms with Crippen molar-refractivity contribution < 1.29 is 14.4 Å². The smallest absolute Gasteiger partial charge is 0.335 e. The molecule has 0 radical (unpaired) electrons. The molecule has 1 heterocycles. The van der Waals surface area contributed by atoms with Gasteiger partial charge in [0.05, 0.1) is 5.56 Å². The van der Waals surface area contributed by atoms with Crippen LogP contribution in [0.25, 0.3) is 17.0 Å². The van der Waals surface area contributed by atoms with E-state index in [1.54, 1.807) is 12.1 Å². The van der Waals surface area contributed by atoms with Gasteiger partial charge in [-0.25, -0.2) is 4.79 Å². The lowest BCUT2D eigenvalue weighted by Gasteiger charge is -2.13. The van der Waals surface area contributed by atoms with Crippen LogP contribution in [0, 0.1) is 0 Å². The zero-order valence-electron chi connectivity index (χ0n) is 13.9. The Morgan fingerprint density at radius 1 is 1.38 bits per heavy atom. The van der Waals surface area contributed by atoms with Crippen molar-refractivity contribution in [1.29, 1.82) is 0 Å². The summed E-state index contributed by atoms with van der Waals surface area (Å²) in [4.78, 5) is 17.3. The normalized spacial score (nSPS) is 11.7. The van der Waals surface area contributed by atoms with Gasteiger partial charge >= 0.3 is 5.97 Å². The number of carboxylic acids is 1. The van der Waals surface area contributed by atoms with Crippen molar-refractivity contribution in [1.82, 2.24) is 15.0 Å². The van der Waals surface area contributed by atoms with Crippen LogP contribution in [0.15, 0.2) is 59.3 Å². The summed E-state index contributed by atoms with van der Waals surface area (Å²) in [6.07, 6.45) is 5.71. The van der Waals surface area contributed by atoms with Crippen LogP contribution in [0.4, 0.5) is 0 Å². The lowest BCUT2D eigenvalue weighted by atomic mass is 10.1. The van der Waals surface area contributed by atoms with Gasteiger partial charge in [0.25, 0.3) is 5.89 Å². The van der Waals surface area contributed by atoms with Crippen LogP contribution < -0.4 is 0 Å². The van der Waals surface area contributed by atoms with Gasteiger partial charge in [-0.3, -0.25) is 0 Å². The van der Waals surface area contributed by atoms with E-state index in [0.29, 0.717) is 17.0 Å². The van der Waals surface area contributed by atoms with Crippen molar-refractivity contribution in [3.05, 3.63) is 66.2 Å². The van der Waals surface area contributed by atoms with Gasteiger partial charge in [-0.1, -0.05) is 29.9 Å². The minimum atomic E-state index is -1.00. The molecule has 0 aliphatic carbocycles. The van der Waals surface area contributed by atoms with Crippen molar-refractivity contribution in [2.24, 2.45) is 0 Å². The maximum Gasteiger partial charge on any atom is 0.335 e. The zero-order valence-corrected chi connectivity index (χ0v) is 13.9. The molecular formula is C18H19N3O3. The zero-order chi connectivity index (χ0) is 17.7. The Balaban J connectivity index is 2.30. The first kappa shape index (κ1) is 17.2. The number of benzene rings is 1. The lowest BCUT2D eigenvalue weighted by Crippen LogP contribution is -2.09. The second-order valence-corrected chi connectivity index (χ2v) is 5.30. The Bertz CT molecular complexity index is 816. The molecule has 0 amide bonds. The van der Waals surface area contributed by atoms with E-state index in [1.165, 1.54) is 12.1 Å². The number of rotatable bonds is 6. The first-order valence-corrected chi connectivity index (χ1v) is 7.30. The minimum absolute atomic E-state index is 0.167. The molecule has 0 saturated heterocycles. The van der Waals surface area contributed by atoms with E-state index in [0.717, 1.165) is 5.70 Å². The van der Waals surface area contributed by atoms with E-state index < -0.39 is 5.97 Å². The molecule has 1 aromatic carbocycles. The van der Waals surface area contributed by atoms with Crippen LogP contribution in [-0.4, -0.2) is 40.2 Å². The van der Waals surface area contributed by atoms with E-state index in [4.69, 9.17) is 9.63 Å². The Morgan fingerprint density at radius 3 is 2.75 bits per heavy atom. The third-order valence-corrected chi connectivity index (χ3v) is 3.24. The van der Waals surface area contributed by atoms with Gasteiger partial charge in [0.1, 0.15) is 0 Å². The number of aromatic carboxylic acids is 1. The molecule has 0 aliphatic rings. The van der Waals surface area contributed by atoms with Gasteiger partial charge in [0, 0.05) is 30.9 Å².